The molecule has 1 fully saturated rings. The summed E-state index contributed by atoms with van der Waals surface area (Å²) in [5, 5.41) is 32.5. The van der Waals surface area contributed by atoms with Gasteiger partial charge in [0.25, 0.3) is 0 Å². The number of hydrogen-bond acceptors (Lipinski definition) is 8. The highest BCUT2D eigenvalue weighted by Crippen LogP contribution is 2.37. The quantitative estimate of drug-likeness (QED) is 0.167. The van der Waals surface area contributed by atoms with E-state index in [2.05, 4.69) is 38.1 Å². The number of aliphatic hydroxyl groups excluding tert-OH is 2. The average molecular weight is 531 g/mol. The Morgan fingerprint density at radius 2 is 1.74 bits per heavy atom. The molecule has 39 heavy (non-hydrogen) atoms. The summed E-state index contributed by atoms with van der Waals surface area (Å²) in [7, 11) is 1.83. The number of nitrogens with one attached hydrogen (secondary N) is 3. The van der Waals surface area contributed by atoms with E-state index in [0.717, 1.165) is 60.8 Å². The Morgan fingerprint density at radius 3 is 2.59 bits per heavy atom. The van der Waals surface area contributed by atoms with Gasteiger partial charge in [0, 0.05) is 25.7 Å². The molecule has 0 unspecified atom stereocenters. The van der Waals surface area contributed by atoms with Crippen molar-refractivity contribution in [3.05, 3.63) is 78.8 Å². The Balaban J connectivity index is 1.00. The molecule has 2 aromatic carbocycles. The molecule has 0 radical (unpaired) electrons. The second-order valence-electron chi connectivity index (χ2n) is 10.1. The fourth-order valence-corrected chi connectivity index (χ4v) is 5.39. The molecule has 1 aliphatic carbocycles. The second kappa shape index (κ2) is 13.0. The van der Waals surface area contributed by atoms with Crippen LogP contribution in [-0.2, 0) is 6.42 Å². The molecule has 0 aliphatic heterocycles. The molecule has 206 valence electrons. The van der Waals surface area contributed by atoms with Crippen LogP contribution in [-0.4, -0.2) is 70.2 Å². The third kappa shape index (κ3) is 6.57. The number of aliphatic hydroxyl groups is 2. The zero-order chi connectivity index (χ0) is 27.0. The molecular weight excluding hydrogens is 492 g/mol. The predicted molar refractivity (Wildman–Crippen MR) is 153 cm³/mol. The molecular formula is C30H38N6O3. The van der Waals surface area contributed by atoms with Gasteiger partial charge >= 0.3 is 0 Å². The third-order valence-corrected chi connectivity index (χ3v) is 7.46. The number of nitrogens with zero attached hydrogens (tertiary/aromatic N) is 3. The van der Waals surface area contributed by atoms with Crippen molar-refractivity contribution < 1.29 is 14.9 Å². The van der Waals surface area contributed by atoms with Gasteiger partial charge in [-0.2, -0.15) is 0 Å². The normalized spacial score (nSPS) is 20.9. The van der Waals surface area contributed by atoms with Crippen molar-refractivity contribution in [3.8, 4) is 11.5 Å². The van der Waals surface area contributed by atoms with Gasteiger partial charge in [0.15, 0.2) is 0 Å². The van der Waals surface area contributed by atoms with Gasteiger partial charge in [-0.15, -0.1) is 0 Å². The highest BCUT2D eigenvalue weighted by Gasteiger charge is 2.42. The summed E-state index contributed by atoms with van der Waals surface area (Å²) in [5.74, 6) is 2.42. The average Bonchev–Trinajstić information content (AvgIpc) is 3.51. The topological polar surface area (TPSA) is 116 Å². The summed E-state index contributed by atoms with van der Waals surface area (Å²) in [6.07, 6.45) is 4.44. The molecule has 1 aliphatic rings. The van der Waals surface area contributed by atoms with E-state index in [1.165, 1.54) is 11.9 Å². The largest absolute Gasteiger partial charge is 0.457 e. The fraction of sp³-hybridized carbons (Fsp3) is 0.400. The van der Waals surface area contributed by atoms with Gasteiger partial charge in [0.05, 0.1) is 17.5 Å². The highest BCUT2D eigenvalue weighted by atomic mass is 16.5. The molecule has 2 heterocycles. The van der Waals surface area contributed by atoms with Gasteiger partial charge < -0.3 is 35.5 Å². The van der Waals surface area contributed by atoms with Crippen molar-refractivity contribution in [3.63, 3.8) is 0 Å². The Morgan fingerprint density at radius 1 is 0.923 bits per heavy atom. The molecule has 5 N–H and O–H groups in total. The Kier molecular flexibility index (Phi) is 9.05. The van der Waals surface area contributed by atoms with Crippen LogP contribution in [0.3, 0.4) is 0 Å². The maximum absolute atomic E-state index is 10.8. The van der Waals surface area contributed by atoms with E-state index in [-0.39, 0.29) is 12.0 Å². The smallest absolute Gasteiger partial charge is 0.145 e. The van der Waals surface area contributed by atoms with Crippen LogP contribution in [0.1, 0.15) is 24.4 Å². The minimum Gasteiger partial charge on any atom is -0.457 e. The van der Waals surface area contributed by atoms with Crippen LogP contribution in [0.25, 0.3) is 11.0 Å². The molecule has 0 spiro atoms. The first-order valence-corrected chi connectivity index (χ1v) is 13.7. The summed E-state index contributed by atoms with van der Waals surface area (Å²) in [6.45, 7) is 3.32. The standard InChI is InChI=1S/C30H38N6O3/c1-31-29-25-12-16-36(30(25)35-20-34-29)26-18-22(27(37)28(26)38)19-33-14-6-13-32-15-11-21-7-5-10-24(17-21)39-23-8-3-2-4-9-23/h2-5,7-10,12,16-17,20,22,26-28,32-33,37-38H,6,11,13-15,18-19H2,1H3,(H,31,34,35)/t22-,26-,27-,28+/m1/s1. The number of hydrogen-bond donors (Lipinski definition) is 5. The number of fused-ring (bicyclic) bond motifs is 1. The first kappa shape index (κ1) is 27.1. The van der Waals surface area contributed by atoms with E-state index in [9.17, 15) is 10.2 Å². The van der Waals surface area contributed by atoms with Crippen molar-refractivity contribution in [1.82, 2.24) is 25.2 Å². The number of ether oxygens (including phenoxy) is 1. The van der Waals surface area contributed by atoms with Gasteiger partial charge in [-0.05, 0) is 74.8 Å². The number of aromatic nitrogens is 3. The first-order chi connectivity index (χ1) is 19.1. The van der Waals surface area contributed by atoms with Crippen LogP contribution in [0.5, 0.6) is 11.5 Å². The van der Waals surface area contributed by atoms with Gasteiger partial charge in [-0.1, -0.05) is 30.3 Å². The van der Waals surface area contributed by atoms with Crippen molar-refractivity contribution in [2.24, 2.45) is 5.92 Å². The molecule has 2 aromatic heterocycles. The summed E-state index contributed by atoms with van der Waals surface area (Å²) in [6, 6.07) is 19.8. The van der Waals surface area contributed by atoms with E-state index in [4.69, 9.17) is 4.74 Å². The number of para-hydroxylation sites is 1. The summed E-state index contributed by atoms with van der Waals surface area (Å²) in [4.78, 5) is 8.68. The molecule has 4 aromatic rings. The van der Waals surface area contributed by atoms with Gasteiger partial charge in [-0.25, -0.2) is 9.97 Å². The summed E-state index contributed by atoms with van der Waals surface area (Å²) >= 11 is 0. The predicted octanol–water partition coefficient (Wildman–Crippen LogP) is 3.36. The fourth-order valence-electron chi connectivity index (χ4n) is 5.39. The lowest BCUT2D eigenvalue weighted by molar-refractivity contribution is 0.00694. The van der Waals surface area contributed by atoms with Crippen LogP contribution >= 0.6 is 0 Å². The van der Waals surface area contributed by atoms with Crippen LogP contribution in [0, 0.1) is 5.92 Å². The number of anilines is 1. The van der Waals surface area contributed by atoms with E-state index < -0.39 is 12.2 Å². The Hall–Kier alpha value is -3.50. The third-order valence-electron chi connectivity index (χ3n) is 7.46. The molecule has 1 saturated carbocycles. The zero-order valence-electron chi connectivity index (χ0n) is 22.3. The highest BCUT2D eigenvalue weighted by molar-refractivity contribution is 5.87. The zero-order valence-corrected chi connectivity index (χ0v) is 22.3. The molecule has 0 bridgehead atoms. The maximum Gasteiger partial charge on any atom is 0.145 e. The molecule has 0 saturated heterocycles. The van der Waals surface area contributed by atoms with Crippen LogP contribution < -0.4 is 20.7 Å². The molecule has 4 atom stereocenters. The minimum absolute atomic E-state index is 0.0219. The molecule has 9 nitrogen and oxygen atoms in total. The number of rotatable bonds is 13. The lowest BCUT2D eigenvalue weighted by Gasteiger charge is -2.19. The maximum atomic E-state index is 10.8. The monoisotopic (exact) mass is 530 g/mol. The Bertz CT molecular complexity index is 1330. The van der Waals surface area contributed by atoms with Gasteiger partial charge in [-0.3, -0.25) is 0 Å². The molecule has 5 rings (SSSR count). The number of benzene rings is 2. The van der Waals surface area contributed by atoms with Crippen molar-refractivity contribution in [2.45, 2.75) is 37.5 Å². The molecule has 0 amide bonds. The van der Waals surface area contributed by atoms with E-state index in [1.807, 2.05) is 66.3 Å². The lowest BCUT2D eigenvalue weighted by Crippen LogP contribution is -2.34. The summed E-state index contributed by atoms with van der Waals surface area (Å²) in [5.41, 5.74) is 2.00. The lowest BCUT2D eigenvalue weighted by atomic mass is 10.1. The first-order valence-electron chi connectivity index (χ1n) is 13.7. The van der Waals surface area contributed by atoms with E-state index in [0.29, 0.717) is 13.0 Å². The van der Waals surface area contributed by atoms with Crippen LogP contribution in [0.2, 0.25) is 0 Å². The van der Waals surface area contributed by atoms with Crippen LogP contribution in [0.15, 0.2) is 73.2 Å². The summed E-state index contributed by atoms with van der Waals surface area (Å²) < 4.78 is 7.90. The molecule has 9 heteroatoms. The Labute approximate surface area is 229 Å². The van der Waals surface area contributed by atoms with Gasteiger partial charge in [0.2, 0.25) is 0 Å². The second-order valence-corrected chi connectivity index (χ2v) is 10.1. The minimum atomic E-state index is -0.835. The van der Waals surface area contributed by atoms with Gasteiger partial charge in [0.1, 0.15) is 35.4 Å². The van der Waals surface area contributed by atoms with Crippen molar-refractivity contribution in [2.75, 3.05) is 38.5 Å². The SMILES string of the molecule is CNc1ncnc2c1ccn2[C@@H]1C[C@H](CNCCCNCCc2cccc(Oc3ccccc3)c2)[C@@H](O)[C@H]1O. The van der Waals surface area contributed by atoms with Crippen LogP contribution in [0.4, 0.5) is 5.82 Å². The van der Waals surface area contributed by atoms with E-state index in [1.54, 1.807) is 0 Å². The van der Waals surface area contributed by atoms with Crippen molar-refractivity contribution in [1.29, 1.82) is 0 Å². The van der Waals surface area contributed by atoms with E-state index >= 15 is 0 Å². The van der Waals surface area contributed by atoms with Crippen molar-refractivity contribution >= 4 is 16.9 Å².